The molecule has 28 atom stereocenters. The smallest absolute Gasteiger partial charge is 0.364 e. The molecule has 648 valence electrons. The van der Waals surface area contributed by atoms with Crippen LogP contribution in [0.2, 0.25) is 0 Å². The average Bonchev–Trinajstić information content (AvgIpc) is 0.749. The Hall–Kier alpha value is -3.38. The molecule has 33 heteroatoms. The number of hydrogen-bond donors (Lipinski definition) is 20. The van der Waals surface area contributed by atoms with Crippen molar-refractivity contribution in [1.82, 2.24) is 16.0 Å². The molecule has 4 aliphatic heterocycles. The van der Waals surface area contributed by atoms with Crippen molar-refractivity contribution in [2.24, 2.45) is 5.92 Å². The number of carboxylic acids is 1. The predicted molar refractivity (Wildman–Crippen MR) is 400 cm³/mol. The van der Waals surface area contributed by atoms with Gasteiger partial charge in [-0.05, 0) is 25.7 Å². The Balaban J connectivity index is 1.37. The van der Waals surface area contributed by atoms with E-state index < -0.39 is 241 Å². The molecule has 0 radical (unpaired) electrons. The van der Waals surface area contributed by atoms with Crippen molar-refractivity contribution in [3.8, 4) is 0 Å². The zero-order chi connectivity index (χ0) is 81.6. The predicted octanol–water partition coefficient (Wildman–Crippen LogP) is 1.18. The summed E-state index contributed by atoms with van der Waals surface area (Å²) in [6.07, 6.45) is -7.79. The van der Waals surface area contributed by atoms with Crippen molar-refractivity contribution in [1.29, 1.82) is 0 Å². The molecule has 33 nitrogen and oxygen atoms in total. The Bertz CT molecular complexity index is 2570. The molecule has 0 aromatic heterocycles. The van der Waals surface area contributed by atoms with Crippen molar-refractivity contribution in [2.75, 3.05) is 39.6 Å². The van der Waals surface area contributed by atoms with Crippen molar-refractivity contribution >= 4 is 23.7 Å². The van der Waals surface area contributed by atoms with Crippen LogP contribution in [0, 0.1) is 5.92 Å². The standard InChI is InChI=1S/C78H141N3O30/c1-5-7-9-11-13-15-17-19-21-22-24-26-28-30-32-34-36-38-58(92)81-50(51(89)37-35-33-31-29-27-25-23-20-18-16-14-12-10-8-6-2)46-103-75-68(100)66(98)70(57(45-86)107-75)104-54-39-49(41-82)69(73(63(54)95)111-78(77(101)102)40-52(90)59(79-47(3)87)72(110-78)61(93)53(91)42-83)108-74-60(80-48(4)88)71(64(96)56(44-85)105-74)109-76-67(99)65(97)62(94)55(43-84)106-76/h35,37,49-57,59-76,82-86,89-91,93-100H,5-34,36,38-46H2,1-4H3,(H,79,87)(H,80,88)(H,81,92)(H,101,102)/b37-35+/t49-,50+,51+,52+,53-,54-,55-,56-,57-,59-,60-,61-,62+,63+,64+,65+,66-,67-,68-,69+,70-,71-,72-,73-,74+,75-,76+,78+/m1/s1. The first kappa shape index (κ1) is 98.2. The maximum atomic E-state index is 13.9. The second kappa shape index (κ2) is 53.1. The number of unbranched alkanes of at least 4 members (excludes halogenated alkanes) is 29. The molecule has 20 N–H and O–H groups in total. The van der Waals surface area contributed by atoms with Gasteiger partial charge < -0.3 is 145 Å². The third kappa shape index (κ3) is 31.5. The Morgan fingerprint density at radius 3 is 1.46 bits per heavy atom. The van der Waals surface area contributed by atoms with Gasteiger partial charge in [-0.2, -0.15) is 0 Å². The lowest BCUT2D eigenvalue weighted by atomic mass is 9.79. The fourth-order valence-electron chi connectivity index (χ4n) is 15.5. The Labute approximate surface area is 654 Å². The van der Waals surface area contributed by atoms with Crippen molar-refractivity contribution in [3.63, 3.8) is 0 Å². The number of amides is 3. The number of hydrogen-bond acceptors (Lipinski definition) is 29. The van der Waals surface area contributed by atoms with Crippen LogP contribution in [0.1, 0.15) is 246 Å². The second-order valence-electron chi connectivity index (χ2n) is 31.2. The maximum Gasteiger partial charge on any atom is 0.364 e. The summed E-state index contributed by atoms with van der Waals surface area (Å²) in [6.45, 7) is 0.760. The Kier molecular flexibility index (Phi) is 47.0. The van der Waals surface area contributed by atoms with Crippen molar-refractivity contribution in [3.05, 3.63) is 12.2 Å². The summed E-state index contributed by atoms with van der Waals surface area (Å²) in [5, 5.41) is 198. The van der Waals surface area contributed by atoms with Gasteiger partial charge in [0.05, 0.1) is 69.5 Å². The Morgan fingerprint density at radius 1 is 0.495 bits per heavy atom. The summed E-state index contributed by atoms with van der Waals surface area (Å²) < 4.78 is 54.8. The molecular formula is C78H141N3O30. The van der Waals surface area contributed by atoms with Crippen LogP contribution in [0.4, 0.5) is 0 Å². The van der Waals surface area contributed by atoms with Gasteiger partial charge in [-0.25, -0.2) is 4.79 Å². The van der Waals surface area contributed by atoms with Gasteiger partial charge in [0.25, 0.3) is 5.79 Å². The number of rotatable bonds is 56. The van der Waals surface area contributed by atoms with Gasteiger partial charge in [-0.15, -0.1) is 0 Å². The van der Waals surface area contributed by atoms with Crippen LogP contribution >= 0.6 is 0 Å². The summed E-state index contributed by atoms with van der Waals surface area (Å²) in [5.74, 6) is -9.08. The summed E-state index contributed by atoms with van der Waals surface area (Å²) in [7, 11) is 0. The lowest BCUT2D eigenvalue weighted by Gasteiger charge is -2.53. The molecule has 0 aromatic carbocycles. The molecule has 4 saturated heterocycles. The van der Waals surface area contributed by atoms with Crippen LogP contribution in [-0.2, 0) is 61.8 Å². The monoisotopic (exact) mass is 1600 g/mol. The molecular weight excluding hydrogens is 1460 g/mol. The molecule has 5 fully saturated rings. The second-order valence-corrected chi connectivity index (χ2v) is 31.2. The van der Waals surface area contributed by atoms with Crippen LogP contribution in [0.5, 0.6) is 0 Å². The molecule has 111 heavy (non-hydrogen) atoms. The molecule has 5 aliphatic rings. The first-order chi connectivity index (χ1) is 53.3. The lowest BCUT2D eigenvalue weighted by molar-refractivity contribution is -0.374. The fourth-order valence-corrected chi connectivity index (χ4v) is 15.5. The zero-order valence-electron chi connectivity index (χ0n) is 65.9. The van der Waals surface area contributed by atoms with Crippen molar-refractivity contribution < 1.29 is 149 Å². The van der Waals surface area contributed by atoms with Crippen LogP contribution in [0.15, 0.2) is 12.2 Å². The van der Waals surface area contributed by atoms with Gasteiger partial charge in [-0.3, -0.25) is 14.4 Å². The van der Waals surface area contributed by atoms with Crippen LogP contribution in [0.3, 0.4) is 0 Å². The minimum Gasteiger partial charge on any atom is -0.477 e. The van der Waals surface area contributed by atoms with Gasteiger partial charge in [0.2, 0.25) is 17.7 Å². The number of aliphatic hydroxyl groups is 16. The number of carbonyl (C=O) groups is 4. The summed E-state index contributed by atoms with van der Waals surface area (Å²) >= 11 is 0. The largest absolute Gasteiger partial charge is 0.477 e. The van der Waals surface area contributed by atoms with Gasteiger partial charge in [-0.1, -0.05) is 206 Å². The first-order valence-electron chi connectivity index (χ1n) is 41.4. The molecule has 0 unspecified atom stereocenters. The average molecular weight is 1600 g/mol. The number of carbonyl (C=O) groups excluding carboxylic acids is 3. The number of aliphatic carboxylic acids is 1. The van der Waals surface area contributed by atoms with E-state index in [1.165, 1.54) is 135 Å². The molecule has 0 bridgehead atoms. The topological polar surface area (TPSA) is 531 Å². The number of carboxylic acid groups (broad SMARTS) is 1. The number of ether oxygens (including phenoxy) is 9. The maximum absolute atomic E-state index is 13.9. The van der Waals surface area contributed by atoms with Crippen LogP contribution < -0.4 is 16.0 Å². The quantitative estimate of drug-likeness (QED) is 0.0300. The summed E-state index contributed by atoms with van der Waals surface area (Å²) in [6, 6.07) is -4.71. The molecule has 0 aromatic rings. The van der Waals surface area contributed by atoms with Gasteiger partial charge in [0, 0.05) is 39.2 Å². The van der Waals surface area contributed by atoms with E-state index in [2.05, 4.69) is 29.8 Å². The molecule has 1 aliphatic carbocycles. The van der Waals surface area contributed by atoms with E-state index >= 15 is 0 Å². The van der Waals surface area contributed by atoms with E-state index in [-0.39, 0.29) is 12.3 Å². The van der Waals surface area contributed by atoms with E-state index in [4.69, 9.17) is 42.6 Å². The number of nitrogens with one attached hydrogen (secondary N) is 3. The molecule has 5 rings (SSSR count). The highest BCUT2D eigenvalue weighted by atomic mass is 16.8. The van der Waals surface area contributed by atoms with Crippen molar-refractivity contribution in [2.45, 2.75) is 411 Å². The zero-order valence-corrected chi connectivity index (χ0v) is 65.9. The van der Waals surface area contributed by atoms with Gasteiger partial charge in [0.1, 0.15) is 104 Å². The minimum atomic E-state index is -3.33. The van der Waals surface area contributed by atoms with E-state index in [0.29, 0.717) is 12.8 Å². The number of allylic oxidation sites excluding steroid dienone is 1. The minimum absolute atomic E-state index is 0.147. The molecule has 1 saturated carbocycles. The molecule has 3 amide bonds. The number of aliphatic hydroxyl groups excluding tert-OH is 16. The summed E-state index contributed by atoms with van der Waals surface area (Å²) in [4.78, 5) is 53.2. The fraction of sp³-hybridized carbons (Fsp3) is 0.923. The van der Waals surface area contributed by atoms with Gasteiger partial charge in [0.15, 0.2) is 18.9 Å². The van der Waals surface area contributed by atoms with Gasteiger partial charge >= 0.3 is 5.97 Å². The normalized spacial score (nSPS) is 33.8. The third-order valence-corrected chi connectivity index (χ3v) is 22.1. The highest BCUT2D eigenvalue weighted by Crippen LogP contribution is 2.43. The highest BCUT2D eigenvalue weighted by Gasteiger charge is 2.62. The molecule has 4 heterocycles. The SMILES string of the molecule is CCCCCCCCCCCCCCC/C=C/[C@H](O)[C@H](CO[C@@H]1O[C@H](CO)[C@@H](O[C@@H]2C[C@H](CO)[C@H](O[C@@H]3O[C@H](CO)[C@H](O)[C@H](O[C@@H]4O[C@H](CO)[C@H](O)[C@H](O)[C@H]4O)[C@H]3NC(C)=O)[C@H](O[C@]3(C(=O)O)C[C@H](O)[C@@H](NC(C)=O)[C@H]([C@H](O)[C@H](O)CO)O3)[C@H]2O)[C@H](O)[C@H]1O)NC(=O)CCCCCCCCCCCCCCCCCCC. The summed E-state index contributed by atoms with van der Waals surface area (Å²) in [5.41, 5.74) is 0. The van der Waals surface area contributed by atoms with Crippen LogP contribution in [-0.4, -0.2) is 315 Å². The van der Waals surface area contributed by atoms with Crippen LogP contribution in [0.25, 0.3) is 0 Å². The highest BCUT2D eigenvalue weighted by molar-refractivity contribution is 5.77. The van der Waals surface area contributed by atoms with E-state index in [1.807, 2.05) is 6.08 Å². The van der Waals surface area contributed by atoms with E-state index in [9.17, 15) is 106 Å². The molecule has 0 spiro atoms. The third-order valence-electron chi connectivity index (χ3n) is 22.1. The van der Waals surface area contributed by atoms with E-state index in [1.54, 1.807) is 6.08 Å². The lowest BCUT2D eigenvalue weighted by Crippen LogP contribution is -2.71. The Morgan fingerprint density at radius 2 is 0.964 bits per heavy atom. The first-order valence-corrected chi connectivity index (χ1v) is 41.4. The van der Waals surface area contributed by atoms with E-state index in [0.717, 1.165) is 65.2 Å².